The maximum Gasteiger partial charge on any atom is 0.287 e. The van der Waals surface area contributed by atoms with Gasteiger partial charge in [-0.25, -0.2) is 0 Å². The Morgan fingerprint density at radius 3 is 2.69 bits per heavy atom. The third-order valence-electron chi connectivity index (χ3n) is 1.66. The van der Waals surface area contributed by atoms with Crippen molar-refractivity contribution in [1.82, 2.24) is 9.88 Å². The lowest BCUT2D eigenvalue weighted by Crippen LogP contribution is -2.20. The van der Waals surface area contributed by atoms with Gasteiger partial charge in [-0.2, -0.15) is 0 Å². The topological polar surface area (TPSA) is 77.2 Å². The third kappa shape index (κ3) is 1.66. The number of carbonyl (C=O) groups is 1. The number of aromatic nitrogens is 1. The van der Waals surface area contributed by atoms with Crippen molar-refractivity contribution in [3.8, 4) is 0 Å². The molecule has 1 aromatic heterocycles. The fourth-order valence-corrected chi connectivity index (χ4v) is 1.00. The predicted octanol–water partition coefficient (Wildman–Crippen LogP) is 0.293. The van der Waals surface area contributed by atoms with Crippen LogP contribution in [0.2, 0.25) is 0 Å². The van der Waals surface area contributed by atoms with E-state index < -0.39 is 4.92 Å². The van der Waals surface area contributed by atoms with Gasteiger partial charge in [0, 0.05) is 20.2 Å². The maximum atomic E-state index is 11.1. The van der Waals surface area contributed by atoms with Crippen molar-refractivity contribution in [2.24, 2.45) is 7.05 Å². The Balaban J connectivity index is 3.10. The normalized spacial score (nSPS) is 9.69. The highest BCUT2D eigenvalue weighted by Gasteiger charge is 2.15. The molecule has 0 saturated carbocycles. The van der Waals surface area contributed by atoms with E-state index in [1.54, 1.807) is 7.05 Å². The van der Waals surface area contributed by atoms with Crippen LogP contribution in [-0.4, -0.2) is 22.4 Å². The Hall–Kier alpha value is -1.85. The van der Waals surface area contributed by atoms with Crippen LogP contribution in [0.1, 0.15) is 10.5 Å². The molecule has 0 atom stereocenters. The van der Waals surface area contributed by atoms with Gasteiger partial charge < -0.3 is 9.88 Å². The first-order chi connectivity index (χ1) is 6.06. The highest BCUT2D eigenvalue weighted by atomic mass is 16.6. The summed E-state index contributed by atoms with van der Waals surface area (Å²) >= 11 is 0. The number of aryl methyl sites for hydroxylation is 1. The molecule has 0 radical (unpaired) electrons. The number of carbonyl (C=O) groups excluding carboxylic acids is 1. The molecule has 1 heterocycles. The lowest BCUT2D eigenvalue weighted by atomic mass is 10.4. The summed E-state index contributed by atoms with van der Waals surface area (Å²) in [4.78, 5) is 20.9. The standard InChI is InChI=1S/C7H9N3O3/c1-8-7(11)6-3-5(10(12)13)4-9(6)2/h3-4H,1-2H3,(H,8,11). The molecule has 1 N–H and O–H groups in total. The molecule has 0 saturated heterocycles. The average Bonchev–Trinajstić information content (AvgIpc) is 2.46. The minimum atomic E-state index is -0.535. The van der Waals surface area contributed by atoms with Gasteiger partial charge in [0.2, 0.25) is 0 Å². The number of rotatable bonds is 2. The van der Waals surface area contributed by atoms with E-state index in [0.29, 0.717) is 0 Å². The second-order valence-corrected chi connectivity index (χ2v) is 2.53. The van der Waals surface area contributed by atoms with Gasteiger partial charge in [0.1, 0.15) is 5.69 Å². The third-order valence-corrected chi connectivity index (χ3v) is 1.66. The summed E-state index contributed by atoms with van der Waals surface area (Å²) in [5.74, 6) is -0.337. The minimum Gasteiger partial charge on any atom is -0.354 e. The highest BCUT2D eigenvalue weighted by Crippen LogP contribution is 2.14. The van der Waals surface area contributed by atoms with Crippen LogP contribution in [-0.2, 0) is 7.05 Å². The predicted molar refractivity (Wildman–Crippen MR) is 45.5 cm³/mol. The first kappa shape index (κ1) is 9.24. The number of nitro groups is 1. The molecule has 70 valence electrons. The molecule has 6 heteroatoms. The van der Waals surface area contributed by atoms with Gasteiger partial charge in [-0.1, -0.05) is 0 Å². The second kappa shape index (κ2) is 3.26. The van der Waals surface area contributed by atoms with E-state index in [4.69, 9.17) is 0 Å². The number of nitrogens with zero attached hydrogens (tertiary/aromatic N) is 2. The number of hydrogen-bond acceptors (Lipinski definition) is 3. The monoisotopic (exact) mass is 183 g/mol. The van der Waals surface area contributed by atoms with E-state index in [2.05, 4.69) is 5.32 Å². The zero-order valence-electron chi connectivity index (χ0n) is 7.27. The Morgan fingerprint density at radius 2 is 2.31 bits per heavy atom. The molecule has 1 amide bonds. The zero-order chi connectivity index (χ0) is 10.0. The second-order valence-electron chi connectivity index (χ2n) is 2.53. The number of amides is 1. The van der Waals surface area contributed by atoms with Gasteiger partial charge >= 0.3 is 0 Å². The quantitative estimate of drug-likeness (QED) is 0.528. The molecule has 0 aromatic carbocycles. The average molecular weight is 183 g/mol. The van der Waals surface area contributed by atoms with E-state index in [1.807, 2.05) is 0 Å². The van der Waals surface area contributed by atoms with Crippen LogP contribution in [0.4, 0.5) is 5.69 Å². The molecule has 1 rings (SSSR count). The smallest absolute Gasteiger partial charge is 0.287 e. The van der Waals surface area contributed by atoms with Crippen LogP contribution in [0.3, 0.4) is 0 Å². The van der Waals surface area contributed by atoms with Crippen molar-refractivity contribution in [2.45, 2.75) is 0 Å². The Kier molecular flexibility index (Phi) is 2.32. The van der Waals surface area contributed by atoms with Crippen molar-refractivity contribution >= 4 is 11.6 Å². The summed E-state index contributed by atoms with van der Waals surface area (Å²) in [6, 6.07) is 1.23. The van der Waals surface area contributed by atoms with Crippen molar-refractivity contribution in [3.63, 3.8) is 0 Å². The molecule has 0 aliphatic heterocycles. The maximum absolute atomic E-state index is 11.1. The Morgan fingerprint density at radius 1 is 1.69 bits per heavy atom. The molecule has 1 aromatic rings. The van der Waals surface area contributed by atoms with Crippen molar-refractivity contribution < 1.29 is 9.72 Å². The molecular formula is C7H9N3O3. The summed E-state index contributed by atoms with van der Waals surface area (Å²) in [5, 5.41) is 12.7. The molecule has 0 bridgehead atoms. The molecule has 0 aliphatic rings. The number of hydrogen-bond donors (Lipinski definition) is 1. The molecule has 6 nitrogen and oxygen atoms in total. The Labute approximate surface area is 74.3 Å². The highest BCUT2D eigenvalue weighted by molar-refractivity contribution is 5.93. The van der Waals surface area contributed by atoms with E-state index >= 15 is 0 Å². The van der Waals surface area contributed by atoms with E-state index in [0.717, 1.165) is 0 Å². The molecule has 13 heavy (non-hydrogen) atoms. The SMILES string of the molecule is CNC(=O)c1cc([N+](=O)[O-])cn1C. The molecule has 0 fully saturated rings. The largest absolute Gasteiger partial charge is 0.354 e. The lowest BCUT2D eigenvalue weighted by Gasteiger charge is -1.98. The van der Waals surface area contributed by atoms with Gasteiger partial charge in [-0.05, 0) is 0 Å². The van der Waals surface area contributed by atoms with E-state index in [9.17, 15) is 14.9 Å². The summed E-state index contributed by atoms with van der Waals surface area (Å²) < 4.78 is 1.41. The molecule has 0 spiro atoms. The van der Waals surface area contributed by atoms with Gasteiger partial charge in [0.05, 0.1) is 11.1 Å². The van der Waals surface area contributed by atoms with E-state index in [-0.39, 0.29) is 17.3 Å². The summed E-state index contributed by atoms with van der Waals surface area (Å²) in [7, 11) is 3.05. The van der Waals surface area contributed by atoms with Crippen molar-refractivity contribution in [3.05, 3.63) is 28.1 Å². The lowest BCUT2D eigenvalue weighted by molar-refractivity contribution is -0.384. The van der Waals surface area contributed by atoms with Crippen LogP contribution in [0, 0.1) is 10.1 Å². The molecular weight excluding hydrogens is 174 g/mol. The number of nitrogens with one attached hydrogen (secondary N) is 1. The van der Waals surface area contributed by atoms with Crippen LogP contribution in [0.25, 0.3) is 0 Å². The minimum absolute atomic E-state index is 0.0823. The molecule has 0 unspecified atom stereocenters. The van der Waals surface area contributed by atoms with Crippen LogP contribution in [0.5, 0.6) is 0 Å². The first-order valence-corrected chi connectivity index (χ1v) is 3.59. The van der Waals surface area contributed by atoms with E-state index in [1.165, 1.54) is 23.9 Å². The summed E-state index contributed by atoms with van der Waals surface area (Å²) in [6.45, 7) is 0. The van der Waals surface area contributed by atoms with Crippen molar-refractivity contribution in [1.29, 1.82) is 0 Å². The van der Waals surface area contributed by atoms with Crippen LogP contribution >= 0.6 is 0 Å². The fourth-order valence-electron chi connectivity index (χ4n) is 1.00. The van der Waals surface area contributed by atoms with Crippen LogP contribution in [0.15, 0.2) is 12.3 Å². The summed E-state index contributed by atoms with van der Waals surface area (Å²) in [5.41, 5.74) is 0.190. The zero-order valence-corrected chi connectivity index (χ0v) is 7.27. The summed E-state index contributed by atoms with van der Waals surface area (Å²) in [6.07, 6.45) is 1.30. The first-order valence-electron chi connectivity index (χ1n) is 3.59. The Bertz CT molecular complexity index is 356. The van der Waals surface area contributed by atoms with Crippen LogP contribution < -0.4 is 5.32 Å². The van der Waals surface area contributed by atoms with Gasteiger partial charge in [0.15, 0.2) is 0 Å². The van der Waals surface area contributed by atoms with Gasteiger partial charge in [0.25, 0.3) is 11.6 Å². The molecule has 0 aliphatic carbocycles. The van der Waals surface area contributed by atoms with Gasteiger partial charge in [-0.3, -0.25) is 14.9 Å². The van der Waals surface area contributed by atoms with Crippen molar-refractivity contribution in [2.75, 3.05) is 7.05 Å². The van der Waals surface area contributed by atoms with Gasteiger partial charge in [-0.15, -0.1) is 0 Å². The fraction of sp³-hybridized carbons (Fsp3) is 0.286.